The van der Waals surface area contributed by atoms with E-state index in [1.807, 2.05) is 6.08 Å². The molecule has 1 fully saturated rings. The Bertz CT molecular complexity index is 1150. The Morgan fingerprint density at radius 1 is 0.452 bits per heavy atom. The van der Waals surface area contributed by atoms with E-state index in [0.29, 0.717) is 6.42 Å². The van der Waals surface area contributed by atoms with Gasteiger partial charge in [0.1, 0.15) is 24.4 Å². The molecule has 1 amide bonds. The Hall–Kier alpha value is -1.07. The Balaban J connectivity index is 2.08. The van der Waals surface area contributed by atoms with Gasteiger partial charge in [-0.05, 0) is 19.3 Å². The summed E-state index contributed by atoms with van der Waals surface area (Å²) >= 11 is 0. The Morgan fingerprint density at radius 3 is 1.07 bits per heavy atom. The summed E-state index contributed by atoms with van der Waals surface area (Å²) in [5.74, 6) is -0.169. The van der Waals surface area contributed by atoms with Crippen molar-refractivity contribution in [3.05, 3.63) is 12.2 Å². The lowest BCUT2D eigenvalue weighted by atomic mass is 9.99. The van der Waals surface area contributed by atoms with E-state index in [1.54, 1.807) is 6.08 Å². The standard InChI is InChI=1S/C64H125NO8/c1-3-5-7-9-11-13-15-17-19-21-22-23-24-25-26-27-28-29-30-31-32-33-34-35-36-37-38-40-42-44-46-48-50-52-54-60(68)65-57(56-72-64-63(71)62(70)61(69)59(55-66)73-64)58(67)53-51-49-47-45-43-41-39-20-18-16-14-12-10-8-6-4-2/h51,53,57-59,61-64,66-67,69-71H,3-50,52,54-56H2,1-2H3,(H,65,68)/b53-51+/t57-,58+,59+,61+,62?,63?,64+/m0/s1. The van der Waals surface area contributed by atoms with Crippen molar-refractivity contribution >= 4 is 5.91 Å². The molecule has 0 aromatic carbocycles. The molecule has 1 rings (SSSR count). The number of aliphatic hydroxyl groups excluding tert-OH is 5. The highest BCUT2D eigenvalue weighted by Crippen LogP contribution is 2.23. The van der Waals surface area contributed by atoms with Crippen LogP contribution in [0.15, 0.2) is 12.2 Å². The molecule has 73 heavy (non-hydrogen) atoms. The minimum absolute atomic E-state index is 0.169. The lowest BCUT2D eigenvalue weighted by Crippen LogP contribution is -2.60. The molecule has 0 saturated carbocycles. The molecule has 0 aliphatic carbocycles. The van der Waals surface area contributed by atoms with Gasteiger partial charge in [-0.15, -0.1) is 0 Å². The van der Waals surface area contributed by atoms with Gasteiger partial charge < -0.3 is 40.3 Å². The predicted molar refractivity (Wildman–Crippen MR) is 309 cm³/mol. The van der Waals surface area contributed by atoms with Crippen molar-refractivity contribution in [2.45, 2.75) is 378 Å². The van der Waals surface area contributed by atoms with E-state index < -0.39 is 49.5 Å². The first kappa shape index (κ1) is 69.9. The number of rotatable bonds is 57. The van der Waals surface area contributed by atoms with Gasteiger partial charge in [0.05, 0.1) is 25.4 Å². The van der Waals surface area contributed by atoms with E-state index >= 15 is 0 Å². The smallest absolute Gasteiger partial charge is 0.220 e. The summed E-state index contributed by atoms with van der Waals surface area (Å²) in [4.78, 5) is 13.1. The van der Waals surface area contributed by atoms with Crippen molar-refractivity contribution in [3.8, 4) is 0 Å². The Labute approximate surface area is 452 Å². The molecule has 2 unspecified atom stereocenters. The zero-order valence-electron chi connectivity index (χ0n) is 48.4. The van der Waals surface area contributed by atoms with Gasteiger partial charge in [-0.1, -0.05) is 321 Å². The molecule has 9 heteroatoms. The fourth-order valence-corrected chi connectivity index (χ4v) is 10.8. The van der Waals surface area contributed by atoms with E-state index in [1.165, 1.54) is 276 Å². The molecule has 434 valence electrons. The first-order chi connectivity index (χ1) is 35.8. The Kier molecular flexibility index (Phi) is 52.0. The van der Waals surface area contributed by atoms with Crippen molar-refractivity contribution in [2.24, 2.45) is 0 Å². The van der Waals surface area contributed by atoms with Gasteiger partial charge in [-0.2, -0.15) is 0 Å². The SMILES string of the molecule is CCCCCCCCCCCCCCCC/C=C/[C@@H](O)[C@H](CO[C@@H]1O[C@H](CO)[C@@H](O)C(O)C1O)NC(=O)CCCCCCCCCCCCCCCCCCCCCCCCCCCCCCCCCCCC. The molecule has 6 N–H and O–H groups in total. The van der Waals surface area contributed by atoms with Gasteiger partial charge in [0.15, 0.2) is 6.29 Å². The largest absolute Gasteiger partial charge is 0.394 e. The van der Waals surface area contributed by atoms with Crippen molar-refractivity contribution in [2.75, 3.05) is 13.2 Å². The molecule has 7 atom stereocenters. The van der Waals surface area contributed by atoms with Crippen LogP contribution in [-0.4, -0.2) is 87.5 Å². The maximum absolute atomic E-state index is 13.1. The van der Waals surface area contributed by atoms with Crippen molar-refractivity contribution < 1.29 is 39.8 Å². The highest BCUT2D eigenvalue weighted by atomic mass is 16.7. The van der Waals surface area contributed by atoms with E-state index in [-0.39, 0.29) is 12.5 Å². The van der Waals surface area contributed by atoms with Gasteiger partial charge in [0.2, 0.25) is 5.91 Å². The molecule has 0 bridgehead atoms. The monoisotopic (exact) mass is 1040 g/mol. The van der Waals surface area contributed by atoms with Crippen LogP contribution in [0.1, 0.15) is 335 Å². The maximum Gasteiger partial charge on any atom is 0.220 e. The number of nitrogens with one attached hydrogen (secondary N) is 1. The van der Waals surface area contributed by atoms with Crippen LogP contribution in [0.5, 0.6) is 0 Å². The summed E-state index contributed by atoms with van der Waals surface area (Å²) < 4.78 is 11.3. The highest BCUT2D eigenvalue weighted by molar-refractivity contribution is 5.76. The summed E-state index contributed by atoms with van der Waals surface area (Å²) in [6, 6.07) is -0.800. The molecule has 1 aliphatic rings. The average Bonchev–Trinajstić information content (AvgIpc) is 3.39. The molecule has 0 aromatic rings. The number of amides is 1. The molecule has 1 heterocycles. The van der Waals surface area contributed by atoms with Crippen LogP contribution in [0, 0.1) is 0 Å². The molecule has 0 spiro atoms. The lowest BCUT2D eigenvalue weighted by molar-refractivity contribution is -0.302. The second kappa shape index (κ2) is 54.3. The zero-order chi connectivity index (χ0) is 52.9. The normalized spacial score (nSPS) is 19.0. The van der Waals surface area contributed by atoms with Crippen LogP contribution < -0.4 is 5.32 Å². The first-order valence-corrected chi connectivity index (χ1v) is 32.4. The summed E-state index contributed by atoms with van der Waals surface area (Å²) in [6.07, 6.45) is 61.7. The Morgan fingerprint density at radius 2 is 0.753 bits per heavy atom. The van der Waals surface area contributed by atoms with E-state index in [4.69, 9.17) is 9.47 Å². The lowest BCUT2D eigenvalue weighted by Gasteiger charge is -2.40. The number of ether oxygens (including phenoxy) is 2. The van der Waals surface area contributed by atoms with Crippen molar-refractivity contribution in [1.82, 2.24) is 5.32 Å². The maximum atomic E-state index is 13.1. The quantitative estimate of drug-likeness (QED) is 0.0261. The van der Waals surface area contributed by atoms with Gasteiger partial charge in [-0.3, -0.25) is 4.79 Å². The number of aliphatic hydroxyl groups is 5. The molecular weight excluding hydrogens is 911 g/mol. The second-order valence-corrected chi connectivity index (χ2v) is 22.9. The molecule has 0 radical (unpaired) electrons. The number of allylic oxidation sites excluding steroid dienone is 1. The first-order valence-electron chi connectivity index (χ1n) is 32.4. The molecule has 1 aliphatic heterocycles. The third-order valence-corrected chi connectivity index (χ3v) is 15.9. The fourth-order valence-electron chi connectivity index (χ4n) is 10.8. The van der Waals surface area contributed by atoms with E-state index in [9.17, 15) is 30.3 Å². The zero-order valence-corrected chi connectivity index (χ0v) is 48.4. The molecule has 1 saturated heterocycles. The highest BCUT2D eigenvalue weighted by Gasteiger charge is 2.44. The fraction of sp³-hybridized carbons (Fsp3) is 0.953. The molecular formula is C64H125NO8. The minimum atomic E-state index is -1.56. The average molecular weight is 1040 g/mol. The van der Waals surface area contributed by atoms with Crippen LogP contribution >= 0.6 is 0 Å². The number of unbranched alkanes of at least 4 members (excludes halogenated alkanes) is 47. The van der Waals surface area contributed by atoms with Gasteiger partial charge in [0.25, 0.3) is 0 Å². The topological polar surface area (TPSA) is 149 Å². The summed E-state index contributed by atoms with van der Waals surface area (Å²) in [5, 5.41) is 54.6. The number of hydrogen-bond donors (Lipinski definition) is 6. The second-order valence-electron chi connectivity index (χ2n) is 22.9. The van der Waals surface area contributed by atoms with Gasteiger partial charge in [0, 0.05) is 6.42 Å². The van der Waals surface area contributed by atoms with Gasteiger partial charge >= 0.3 is 0 Å². The predicted octanol–water partition coefficient (Wildman–Crippen LogP) is 16.7. The van der Waals surface area contributed by atoms with Crippen LogP contribution in [-0.2, 0) is 14.3 Å². The van der Waals surface area contributed by atoms with Crippen LogP contribution in [0.25, 0.3) is 0 Å². The summed E-state index contributed by atoms with van der Waals surface area (Å²) in [7, 11) is 0. The van der Waals surface area contributed by atoms with E-state index in [0.717, 1.165) is 38.5 Å². The van der Waals surface area contributed by atoms with Gasteiger partial charge in [-0.25, -0.2) is 0 Å². The van der Waals surface area contributed by atoms with Crippen LogP contribution in [0.2, 0.25) is 0 Å². The molecule has 9 nitrogen and oxygen atoms in total. The molecule has 0 aromatic heterocycles. The number of carbonyl (C=O) groups is 1. The van der Waals surface area contributed by atoms with Crippen molar-refractivity contribution in [1.29, 1.82) is 0 Å². The third-order valence-electron chi connectivity index (χ3n) is 15.9. The number of hydrogen-bond acceptors (Lipinski definition) is 8. The van der Waals surface area contributed by atoms with Crippen LogP contribution in [0.3, 0.4) is 0 Å². The van der Waals surface area contributed by atoms with Crippen LogP contribution in [0.4, 0.5) is 0 Å². The summed E-state index contributed by atoms with van der Waals surface area (Å²) in [5.41, 5.74) is 0. The summed E-state index contributed by atoms with van der Waals surface area (Å²) in [6.45, 7) is 3.83. The van der Waals surface area contributed by atoms with E-state index in [2.05, 4.69) is 19.2 Å². The number of carbonyl (C=O) groups excluding carboxylic acids is 1. The third kappa shape index (κ3) is 43.6. The van der Waals surface area contributed by atoms with Crippen molar-refractivity contribution in [3.63, 3.8) is 0 Å². The minimum Gasteiger partial charge on any atom is -0.394 e.